The van der Waals surface area contributed by atoms with Crippen LogP contribution in [0.25, 0.3) is 21.2 Å². The smallest absolute Gasteiger partial charge is 0.266 e. The van der Waals surface area contributed by atoms with Gasteiger partial charge in [0.25, 0.3) is 5.91 Å². The van der Waals surface area contributed by atoms with Gasteiger partial charge in [-0.25, -0.2) is 17.2 Å². The molecular weight excluding hydrogens is 602 g/mol. The van der Waals surface area contributed by atoms with Crippen LogP contribution in [0.2, 0.25) is 5.02 Å². The SMILES string of the molecule is CNC1CCC(N(Cc2cc(-c3cccc(S(C)(=O)=O)c3)ccc2OC)C(=O)c2sc3c(F)ccc(F)c3c2Cl)CC1. The molecule has 1 amide bonds. The predicted molar refractivity (Wildman–Crippen MR) is 163 cm³/mol. The molecule has 1 aromatic heterocycles. The van der Waals surface area contributed by atoms with Crippen molar-refractivity contribution in [2.75, 3.05) is 20.4 Å². The van der Waals surface area contributed by atoms with E-state index in [0.29, 0.717) is 22.9 Å². The molecular formula is C31H31ClF2N2O4S2. The molecule has 0 spiro atoms. The fourth-order valence-corrected chi connectivity index (χ4v) is 7.75. The van der Waals surface area contributed by atoms with Crippen LogP contribution in [0.15, 0.2) is 59.5 Å². The first-order valence-corrected chi connectivity index (χ1v) is 16.6. The summed E-state index contributed by atoms with van der Waals surface area (Å²) in [5.41, 5.74) is 2.16. The lowest BCUT2D eigenvalue weighted by Crippen LogP contribution is -2.44. The Labute approximate surface area is 253 Å². The summed E-state index contributed by atoms with van der Waals surface area (Å²) in [7, 11) is 0.0555. The number of benzene rings is 3. The third kappa shape index (κ3) is 6.04. The summed E-state index contributed by atoms with van der Waals surface area (Å²) in [5, 5.41) is 3.12. The van der Waals surface area contributed by atoms with Crippen LogP contribution in [0.1, 0.15) is 40.9 Å². The molecule has 3 aromatic carbocycles. The van der Waals surface area contributed by atoms with Gasteiger partial charge in [0, 0.05) is 30.4 Å². The molecule has 1 aliphatic rings. The molecule has 5 rings (SSSR count). The Morgan fingerprint density at radius 3 is 2.38 bits per heavy atom. The van der Waals surface area contributed by atoms with E-state index >= 15 is 0 Å². The van der Waals surface area contributed by atoms with Gasteiger partial charge in [-0.3, -0.25) is 4.79 Å². The molecule has 1 fully saturated rings. The number of sulfone groups is 1. The zero-order valence-electron chi connectivity index (χ0n) is 23.4. The van der Waals surface area contributed by atoms with Gasteiger partial charge in [-0.05, 0) is 80.3 Å². The van der Waals surface area contributed by atoms with Crippen LogP contribution in [0, 0.1) is 11.6 Å². The molecule has 1 heterocycles. The molecule has 0 bridgehead atoms. The van der Waals surface area contributed by atoms with Gasteiger partial charge in [0.1, 0.15) is 22.3 Å². The summed E-state index contributed by atoms with van der Waals surface area (Å²) >= 11 is 7.40. The minimum absolute atomic E-state index is 0.00697. The van der Waals surface area contributed by atoms with Crippen LogP contribution in [0.5, 0.6) is 5.75 Å². The topological polar surface area (TPSA) is 75.7 Å². The van der Waals surface area contributed by atoms with E-state index in [9.17, 15) is 22.0 Å². The van der Waals surface area contributed by atoms with Gasteiger partial charge in [0.05, 0.1) is 27.1 Å². The van der Waals surface area contributed by atoms with Crippen molar-refractivity contribution in [2.45, 2.75) is 49.2 Å². The number of rotatable bonds is 8. The number of halogens is 3. The Balaban J connectivity index is 1.57. The van der Waals surface area contributed by atoms with Crippen molar-refractivity contribution >= 4 is 48.8 Å². The van der Waals surface area contributed by atoms with Gasteiger partial charge in [-0.15, -0.1) is 11.3 Å². The van der Waals surface area contributed by atoms with Gasteiger partial charge >= 0.3 is 0 Å². The van der Waals surface area contributed by atoms with E-state index in [1.165, 1.54) is 0 Å². The number of nitrogens with one attached hydrogen (secondary N) is 1. The minimum atomic E-state index is -3.41. The highest BCUT2D eigenvalue weighted by atomic mass is 35.5. The van der Waals surface area contributed by atoms with Crippen LogP contribution in [0.4, 0.5) is 8.78 Å². The second-order valence-corrected chi connectivity index (χ2v) is 13.9. The normalized spacial score (nSPS) is 17.4. The van der Waals surface area contributed by atoms with Crippen molar-refractivity contribution < 1.29 is 26.7 Å². The maximum absolute atomic E-state index is 14.7. The maximum Gasteiger partial charge on any atom is 0.266 e. The second kappa shape index (κ2) is 12.3. The van der Waals surface area contributed by atoms with Crippen molar-refractivity contribution in [3.8, 4) is 16.9 Å². The number of thiophene rings is 1. The van der Waals surface area contributed by atoms with Crippen LogP contribution in [-0.4, -0.2) is 51.7 Å². The maximum atomic E-state index is 14.7. The van der Waals surface area contributed by atoms with Crippen molar-refractivity contribution in [1.82, 2.24) is 10.2 Å². The van der Waals surface area contributed by atoms with Crippen LogP contribution >= 0.6 is 22.9 Å². The van der Waals surface area contributed by atoms with E-state index in [1.807, 2.05) is 25.2 Å². The molecule has 11 heteroatoms. The van der Waals surface area contributed by atoms with E-state index in [0.717, 1.165) is 61.0 Å². The fourth-order valence-electron chi connectivity index (χ4n) is 5.58. The number of carbonyl (C=O) groups excluding carboxylic acids is 1. The Bertz CT molecular complexity index is 1750. The highest BCUT2D eigenvalue weighted by Crippen LogP contribution is 2.40. The molecule has 1 N–H and O–H groups in total. The van der Waals surface area contributed by atoms with Gasteiger partial charge in [0.2, 0.25) is 0 Å². The highest BCUT2D eigenvalue weighted by Gasteiger charge is 2.33. The summed E-state index contributed by atoms with van der Waals surface area (Å²) in [6.45, 7) is 0.159. The van der Waals surface area contributed by atoms with Gasteiger partial charge in [-0.1, -0.05) is 29.8 Å². The van der Waals surface area contributed by atoms with Crippen molar-refractivity contribution in [3.63, 3.8) is 0 Å². The molecule has 0 unspecified atom stereocenters. The number of fused-ring (bicyclic) bond motifs is 1. The van der Waals surface area contributed by atoms with Crippen molar-refractivity contribution in [3.05, 3.63) is 81.7 Å². The van der Waals surface area contributed by atoms with E-state index in [2.05, 4.69) is 5.32 Å². The molecule has 1 saturated carbocycles. The molecule has 4 aromatic rings. The summed E-state index contributed by atoms with van der Waals surface area (Å²) in [6, 6.07) is 14.4. The standard InChI is InChI=1S/C31H31ClF2N2O4S2/c1-35-21-8-10-22(11-9-21)36(31(37)30-28(32)27-24(33)12-13-25(34)29(27)41-30)17-20-15-19(7-14-26(20)40-2)18-5-4-6-23(16-18)42(3,38)39/h4-7,12-16,21-22,35H,8-11,17H2,1-3H3. The zero-order valence-corrected chi connectivity index (χ0v) is 25.8. The molecule has 222 valence electrons. The van der Waals surface area contributed by atoms with Crippen molar-refractivity contribution in [2.24, 2.45) is 0 Å². The lowest BCUT2D eigenvalue weighted by atomic mass is 9.89. The van der Waals surface area contributed by atoms with E-state index in [-0.39, 0.29) is 37.5 Å². The summed E-state index contributed by atoms with van der Waals surface area (Å²) in [4.78, 5) is 16.2. The van der Waals surface area contributed by atoms with Crippen LogP contribution in [0.3, 0.4) is 0 Å². The van der Waals surface area contributed by atoms with E-state index in [1.54, 1.807) is 36.3 Å². The largest absolute Gasteiger partial charge is 0.496 e. The first-order valence-electron chi connectivity index (χ1n) is 13.5. The Morgan fingerprint density at radius 1 is 1.05 bits per heavy atom. The highest BCUT2D eigenvalue weighted by molar-refractivity contribution is 7.90. The Morgan fingerprint density at radius 2 is 1.74 bits per heavy atom. The number of carbonyl (C=O) groups is 1. The van der Waals surface area contributed by atoms with Crippen LogP contribution in [-0.2, 0) is 16.4 Å². The predicted octanol–water partition coefficient (Wildman–Crippen LogP) is 7.09. The lowest BCUT2D eigenvalue weighted by Gasteiger charge is -2.37. The van der Waals surface area contributed by atoms with E-state index < -0.39 is 27.4 Å². The number of hydrogen-bond acceptors (Lipinski definition) is 6. The molecule has 6 nitrogen and oxygen atoms in total. The third-order valence-corrected chi connectivity index (χ3v) is 10.7. The van der Waals surface area contributed by atoms with Gasteiger partial charge in [-0.2, -0.15) is 0 Å². The summed E-state index contributed by atoms with van der Waals surface area (Å²) in [5.74, 6) is -1.17. The molecule has 0 atom stereocenters. The van der Waals surface area contributed by atoms with Gasteiger partial charge < -0.3 is 15.0 Å². The molecule has 1 aliphatic carbocycles. The first-order chi connectivity index (χ1) is 20.0. The first kappa shape index (κ1) is 30.4. The third-order valence-electron chi connectivity index (χ3n) is 7.90. The number of nitrogens with zero attached hydrogens (tertiary/aromatic N) is 1. The minimum Gasteiger partial charge on any atom is -0.496 e. The van der Waals surface area contributed by atoms with E-state index in [4.69, 9.17) is 16.3 Å². The zero-order chi connectivity index (χ0) is 30.2. The number of amides is 1. The lowest BCUT2D eigenvalue weighted by molar-refractivity contribution is 0.0604. The summed E-state index contributed by atoms with van der Waals surface area (Å²) in [6.07, 6.45) is 4.37. The fraction of sp³-hybridized carbons (Fsp3) is 0.323. The number of methoxy groups -OCH3 is 1. The monoisotopic (exact) mass is 632 g/mol. The second-order valence-electron chi connectivity index (χ2n) is 10.5. The number of ether oxygens (including phenoxy) is 1. The Kier molecular flexibility index (Phi) is 8.89. The molecule has 0 saturated heterocycles. The molecule has 42 heavy (non-hydrogen) atoms. The Hall–Kier alpha value is -3.05. The molecule has 0 aliphatic heterocycles. The average Bonchev–Trinajstić information content (AvgIpc) is 3.35. The van der Waals surface area contributed by atoms with Gasteiger partial charge in [0.15, 0.2) is 9.84 Å². The summed E-state index contributed by atoms with van der Waals surface area (Å²) < 4.78 is 59.3. The van der Waals surface area contributed by atoms with Crippen molar-refractivity contribution in [1.29, 1.82) is 0 Å². The number of hydrogen-bond donors (Lipinski definition) is 1. The van der Waals surface area contributed by atoms with Crippen LogP contribution < -0.4 is 10.1 Å². The average molecular weight is 633 g/mol. The molecule has 0 radical (unpaired) electrons. The quantitative estimate of drug-likeness (QED) is 0.225.